The lowest BCUT2D eigenvalue weighted by Crippen LogP contribution is -1.92. The van der Waals surface area contributed by atoms with Crippen LogP contribution >= 0.6 is 0 Å². The number of aliphatic hydroxyl groups is 1. The molecule has 0 amide bonds. The number of rotatable bonds is 10. The maximum Gasteiger partial charge on any atom is 0.303 e. The lowest BCUT2D eigenvalue weighted by molar-refractivity contribution is -0.137. The predicted octanol–water partition coefficient (Wildman–Crippen LogP) is 6.38. The summed E-state index contributed by atoms with van der Waals surface area (Å²) in [5, 5.41) is 15.2. The Hall–Kier alpha value is -1.09. The first-order chi connectivity index (χ1) is 12.1. The first-order valence-corrected chi connectivity index (χ1v) is 10.1. The Morgan fingerprint density at radius 3 is 2.32 bits per heavy atom. The van der Waals surface area contributed by atoms with Gasteiger partial charge in [0.05, 0.1) is 0 Å². The van der Waals surface area contributed by atoms with Crippen LogP contribution in [0.25, 0.3) is 0 Å². The zero-order valence-corrected chi connectivity index (χ0v) is 17.0. The highest BCUT2D eigenvalue weighted by Gasteiger charge is 2.11. The maximum atomic E-state index is 9.94. The SMILES string of the molecule is C/C=C\CCCC(=O)O.CCCCC[C@H](C)/C=C/C1CCCC1.CO. The van der Waals surface area contributed by atoms with Crippen molar-refractivity contribution >= 4 is 5.97 Å². The number of hydrogen-bond donors (Lipinski definition) is 2. The normalized spacial score (nSPS) is 15.6. The summed E-state index contributed by atoms with van der Waals surface area (Å²) >= 11 is 0. The summed E-state index contributed by atoms with van der Waals surface area (Å²) in [6.45, 7) is 6.57. The summed E-state index contributed by atoms with van der Waals surface area (Å²) in [5.74, 6) is 1.02. The lowest BCUT2D eigenvalue weighted by atomic mass is 9.99. The average Bonchev–Trinajstić information content (AvgIpc) is 3.13. The van der Waals surface area contributed by atoms with Gasteiger partial charge in [0, 0.05) is 13.5 Å². The van der Waals surface area contributed by atoms with Crippen LogP contribution in [0.1, 0.15) is 91.4 Å². The van der Waals surface area contributed by atoms with Crippen LogP contribution in [-0.4, -0.2) is 23.3 Å². The molecule has 1 rings (SSSR count). The van der Waals surface area contributed by atoms with Gasteiger partial charge in [0.2, 0.25) is 0 Å². The minimum atomic E-state index is -0.709. The Labute approximate surface area is 156 Å². The molecule has 0 saturated heterocycles. The van der Waals surface area contributed by atoms with E-state index in [-0.39, 0.29) is 6.42 Å². The van der Waals surface area contributed by atoms with Crippen molar-refractivity contribution in [3.8, 4) is 0 Å². The second-order valence-corrected chi connectivity index (χ2v) is 6.76. The van der Waals surface area contributed by atoms with E-state index in [4.69, 9.17) is 10.2 Å². The number of aliphatic carboxylic acids is 1. The first kappa shape index (κ1) is 26.1. The molecule has 0 aromatic rings. The highest BCUT2D eigenvalue weighted by Crippen LogP contribution is 2.26. The summed E-state index contributed by atoms with van der Waals surface area (Å²) in [5.41, 5.74) is 0. The Bertz CT molecular complexity index is 328. The number of carbonyl (C=O) groups is 1. The van der Waals surface area contributed by atoms with E-state index in [1.54, 1.807) is 0 Å². The van der Waals surface area contributed by atoms with E-state index in [0.717, 1.165) is 31.8 Å². The van der Waals surface area contributed by atoms with Gasteiger partial charge < -0.3 is 10.2 Å². The summed E-state index contributed by atoms with van der Waals surface area (Å²) in [4.78, 5) is 9.94. The number of aliphatic hydroxyl groups excluding tert-OH is 1. The molecule has 2 N–H and O–H groups in total. The van der Waals surface area contributed by atoms with Gasteiger partial charge in [-0.15, -0.1) is 0 Å². The fraction of sp³-hybridized carbons (Fsp3) is 0.773. The summed E-state index contributed by atoms with van der Waals surface area (Å²) in [6, 6.07) is 0. The standard InChI is InChI=1S/C14H26.C7H12O2.CH4O/c1-3-4-5-8-13(2)11-12-14-9-6-7-10-14;1-2-3-4-5-6-7(8)9;1-2/h11-14H,3-10H2,1-2H3;2-3H,4-6H2,1H3,(H,8,9);2H,1H3/b12-11+;3-2-;/t13-;;/m0../s1. The summed E-state index contributed by atoms with van der Waals surface area (Å²) in [7, 11) is 1.00. The van der Waals surface area contributed by atoms with Crippen LogP contribution in [0.5, 0.6) is 0 Å². The molecule has 1 fully saturated rings. The molecule has 1 aliphatic carbocycles. The fourth-order valence-electron chi connectivity index (χ4n) is 2.85. The van der Waals surface area contributed by atoms with Crippen LogP contribution in [-0.2, 0) is 4.79 Å². The van der Waals surface area contributed by atoms with E-state index in [2.05, 4.69) is 26.0 Å². The van der Waals surface area contributed by atoms with Crippen LogP contribution in [0, 0.1) is 11.8 Å². The van der Waals surface area contributed by atoms with Gasteiger partial charge in [0.25, 0.3) is 0 Å². The van der Waals surface area contributed by atoms with Gasteiger partial charge in [0.15, 0.2) is 0 Å². The third kappa shape index (κ3) is 20.9. The number of carboxylic acids is 1. The van der Waals surface area contributed by atoms with E-state index in [1.165, 1.54) is 51.4 Å². The first-order valence-electron chi connectivity index (χ1n) is 10.1. The van der Waals surface area contributed by atoms with Gasteiger partial charge >= 0.3 is 5.97 Å². The molecule has 3 heteroatoms. The molecule has 25 heavy (non-hydrogen) atoms. The summed E-state index contributed by atoms with van der Waals surface area (Å²) in [6.07, 6.45) is 22.1. The molecule has 148 valence electrons. The van der Waals surface area contributed by atoms with Crippen molar-refractivity contribution in [3.05, 3.63) is 24.3 Å². The van der Waals surface area contributed by atoms with Gasteiger partial charge in [-0.2, -0.15) is 0 Å². The van der Waals surface area contributed by atoms with Crippen molar-refractivity contribution in [1.29, 1.82) is 0 Å². The highest BCUT2D eigenvalue weighted by molar-refractivity contribution is 5.66. The van der Waals surface area contributed by atoms with Crippen LogP contribution in [0.4, 0.5) is 0 Å². The van der Waals surface area contributed by atoms with E-state index >= 15 is 0 Å². The van der Waals surface area contributed by atoms with Crippen molar-refractivity contribution in [2.45, 2.75) is 91.4 Å². The van der Waals surface area contributed by atoms with Crippen molar-refractivity contribution in [2.24, 2.45) is 11.8 Å². The average molecular weight is 355 g/mol. The number of allylic oxidation sites excluding steroid dienone is 4. The quantitative estimate of drug-likeness (QED) is 0.354. The molecule has 1 atom stereocenters. The molecule has 0 aliphatic heterocycles. The van der Waals surface area contributed by atoms with Crippen LogP contribution in [0.15, 0.2) is 24.3 Å². The second-order valence-electron chi connectivity index (χ2n) is 6.76. The highest BCUT2D eigenvalue weighted by atomic mass is 16.4. The van der Waals surface area contributed by atoms with Gasteiger partial charge in [-0.05, 0) is 50.9 Å². The zero-order chi connectivity index (χ0) is 19.3. The number of hydrogen-bond acceptors (Lipinski definition) is 2. The molecule has 1 saturated carbocycles. The molecule has 0 bridgehead atoms. The Morgan fingerprint density at radius 1 is 1.16 bits per heavy atom. The van der Waals surface area contributed by atoms with Crippen LogP contribution in [0.2, 0.25) is 0 Å². The van der Waals surface area contributed by atoms with Gasteiger partial charge in [0.1, 0.15) is 0 Å². The molecular weight excluding hydrogens is 312 g/mol. The Kier molecular flexibility index (Phi) is 21.9. The van der Waals surface area contributed by atoms with Crippen LogP contribution < -0.4 is 0 Å². The monoisotopic (exact) mass is 354 g/mol. The van der Waals surface area contributed by atoms with E-state index in [1.807, 2.05) is 19.1 Å². The second kappa shape index (κ2) is 21.0. The number of carboxylic acid groups (broad SMARTS) is 1. The lowest BCUT2D eigenvalue weighted by Gasteiger charge is -2.07. The molecule has 0 radical (unpaired) electrons. The molecule has 1 aliphatic rings. The molecule has 3 nitrogen and oxygen atoms in total. The molecule has 0 spiro atoms. The fourth-order valence-corrected chi connectivity index (χ4v) is 2.85. The molecule has 0 unspecified atom stereocenters. The van der Waals surface area contributed by atoms with E-state index in [0.29, 0.717) is 0 Å². The van der Waals surface area contributed by atoms with Gasteiger partial charge in [-0.25, -0.2) is 0 Å². The third-order valence-electron chi connectivity index (χ3n) is 4.37. The number of unbranched alkanes of at least 4 members (excludes halogenated alkanes) is 3. The minimum absolute atomic E-state index is 0.282. The van der Waals surface area contributed by atoms with Crippen molar-refractivity contribution < 1.29 is 15.0 Å². The molecule has 0 heterocycles. The minimum Gasteiger partial charge on any atom is -0.481 e. The van der Waals surface area contributed by atoms with E-state index in [9.17, 15) is 4.79 Å². The van der Waals surface area contributed by atoms with Crippen LogP contribution in [0.3, 0.4) is 0 Å². The van der Waals surface area contributed by atoms with E-state index < -0.39 is 5.97 Å². The molecule has 0 aromatic heterocycles. The molecular formula is C22H42O3. The predicted molar refractivity (Wildman–Crippen MR) is 109 cm³/mol. The topological polar surface area (TPSA) is 57.5 Å². The largest absolute Gasteiger partial charge is 0.481 e. The van der Waals surface area contributed by atoms with Crippen molar-refractivity contribution in [1.82, 2.24) is 0 Å². The van der Waals surface area contributed by atoms with Gasteiger partial charge in [-0.1, -0.05) is 70.3 Å². The van der Waals surface area contributed by atoms with Gasteiger partial charge in [-0.3, -0.25) is 4.79 Å². The Balaban J connectivity index is 0. The third-order valence-corrected chi connectivity index (χ3v) is 4.37. The zero-order valence-electron chi connectivity index (χ0n) is 17.0. The maximum absolute atomic E-state index is 9.94. The Morgan fingerprint density at radius 2 is 1.80 bits per heavy atom. The summed E-state index contributed by atoms with van der Waals surface area (Å²) < 4.78 is 0. The van der Waals surface area contributed by atoms with Crippen molar-refractivity contribution in [2.75, 3.05) is 7.11 Å². The van der Waals surface area contributed by atoms with Crippen molar-refractivity contribution in [3.63, 3.8) is 0 Å². The molecule has 0 aromatic carbocycles. The smallest absolute Gasteiger partial charge is 0.303 e.